The van der Waals surface area contributed by atoms with Crippen molar-refractivity contribution in [1.82, 2.24) is 10.6 Å². The Morgan fingerprint density at radius 3 is 2.77 bits per heavy atom. The number of ether oxygens (including phenoxy) is 1. The lowest BCUT2D eigenvalue weighted by atomic mass is 10.1. The zero-order valence-corrected chi connectivity index (χ0v) is 14.1. The summed E-state index contributed by atoms with van der Waals surface area (Å²) in [5, 5.41) is 5.23. The molecule has 26 heavy (non-hydrogen) atoms. The van der Waals surface area contributed by atoms with Gasteiger partial charge in [0.15, 0.2) is 0 Å². The molecule has 3 rings (SSSR count). The molecule has 1 heterocycles. The van der Waals surface area contributed by atoms with Gasteiger partial charge in [0.2, 0.25) is 5.91 Å². The number of carbonyl (C=O) groups is 2. The third-order valence-corrected chi connectivity index (χ3v) is 3.97. The monoisotopic (exact) mass is 354 g/mol. The summed E-state index contributed by atoms with van der Waals surface area (Å²) in [4.78, 5) is 23.6. The van der Waals surface area contributed by atoms with E-state index < -0.39 is 11.7 Å². The van der Waals surface area contributed by atoms with Gasteiger partial charge in [0.25, 0.3) is 5.91 Å². The first-order chi connectivity index (χ1) is 12.6. The maximum Gasteiger partial charge on any atom is 0.254 e. The maximum atomic E-state index is 13.5. The van der Waals surface area contributed by atoms with Crippen LogP contribution in [-0.4, -0.2) is 31.5 Å². The number of nitrogens with one attached hydrogen (secondary N) is 2. The molecule has 0 fully saturated rings. The van der Waals surface area contributed by atoms with Crippen molar-refractivity contribution in [1.29, 1.82) is 0 Å². The lowest BCUT2D eigenvalue weighted by Gasteiger charge is -2.06. The number of benzene rings is 2. The van der Waals surface area contributed by atoms with Gasteiger partial charge in [-0.05, 0) is 41.5 Å². The smallest absolute Gasteiger partial charge is 0.254 e. The normalized spacial score (nSPS) is 12.5. The lowest BCUT2D eigenvalue weighted by molar-refractivity contribution is -0.116. The van der Waals surface area contributed by atoms with Crippen LogP contribution in [0.5, 0.6) is 5.75 Å². The average Bonchev–Trinajstić information content (AvgIpc) is 3.11. The van der Waals surface area contributed by atoms with E-state index in [1.807, 2.05) is 18.2 Å². The van der Waals surface area contributed by atoms with Crippen molar-refractivity contribution >= 4 is 17.9 Å². The molecular weight excluding hydrogens is 335 g/mol. The number of rotatable bonds is 6. The zero-order chi connectivity index (χ0) is 18.4. The highest BCUT2D eigenvalue weighted by Crippen LogP contribution is 2.26. The Bertz CT molecular complexity index is 849. The van der Waals surface area contributed by atoms with Crippen LogP contribution in [-0.2, 0) is 11.2 Å². The minimum atomic E-state index is -0.572. The SMILES string of the molecule is O=C(/C=C/c1ccc2c(c1)CCO2)NCCNC(=O)c1ccccc1F. The number of carbonyl (C=O) groups excluding carboxylic acids is 2. The molecule has 0 bridgehead atoms. The van der Waals surface area contributed by atoms with Crippen molar-refractivity contribution in [2.24, 2.45) is 0 Å². The minimum Gasteiger partial charge on any atom is -0.493 e. The van der Waals surface area contributed by atoms with Gasteiger partial charge in [0, 0.05) is 25.6 Å². The predicted molar refractivity (Wildman–Crippen MR) is 96.4 cm³/mol. The average molecular weight is 354 g/mol. The fraction of sp³-hybridized carbons (Fsp3) is 0.200. The molecule has 1 aliphatic heterocycles. The molecule has 6 heteroatoms. The van der Waals surface area contributed by atoms with E-state index in [0.717, 1.165) is 23.3 Å². The van der Waals surface area contributed by atoms with Crippen molar-refractivity contribution in [2.45, 2.75) is 6.42 Å². The van der Waals surface area contributed by atoms with Crippen LogP contribution in [0.25, 0.3) is 6.08 Å². The second kappa shape index (κ2) is 8.29. The fourth-order valence-electron chi connectivity index (χ4n) is 2.64. The van der Waals surface area contributed by atoms with Crippen LogP contribution < -0.4 is 15.4 Å². The van der Waals surface area contributed by atoms with Gasteiger partial charge >= 0.3 is 0 Å². The number of hydrogen-bond donors (Lipinski definition) is 2. The minimum absolute atomic E-state index is 0.0145. The van der Waals surface area contributed by atoms with Crippen molar-refractivity contribution in [2.75, 3.05) is 19.7 Å². The summed E-state index contributed by atoms with van der Waals surface area (Å²) in [7, 11) is 0. The van der Waals surface area contributed by atoms with Crippen LogP contribution in [0.15, 0.2) is 48.5 Å². The van der Waals surface area contributed by atoms with Crippen LogP contribution in [0.2, 0.25) is 0 Å². The van der Waals surface area contributed by atoms with E-state index in [9.17, 15) is 14.0 Å². The molecule has 0 unspecified atom stereocenters. The summed E-state index contributed by atoms with van der Waals surface area (Å²) < 4.78 is 18.9. The van der Waals surface area contributed by atoms with Gasteiger partial charge in [0.05, 0.1) is 12.2 Å². The van der Waals surface area contributed by atoms with Crippen molar-refractivity contribution in [3.63, 3.8) is 0 Å². The summed E-state index contributed by atoms with van der Waals surface area (Å²) in [6, 6.07) is 11.5. The van der Waals surface area contributed by atoms with E-state index in [1.165, 1.54) is 24.3 Å². The first-order valence-electron chi connectivity index (χ1n) is 8.38. The van der Waals surface area contributed by atoms with E-state index in [0.29, 0.717) is 6.61 Å². The van der Waals surface area contributed by atoms with Crippen molar-refractivity contribution in [3.05, 3.63) is 71.0 Å². The molecule has 134 valence electrons. The fourth-order valence-corrected chi connectivity index (χ4v) is 2.64. The first-order valence-corrected chi connectivity index (χ1v) is 8.38. The molecule has 0 saturated heterocycles. The summed E-state index contributed by atoms with van der Waals surface area (Å²) in [5.41, 5.74) is 2.06. The quantitative estimate of drug-likeness (QED) is 0.618. The molecule has 0 radical (unpaired) electrons. The van der Waals surface area contributed by atoms with E-state index in [2.05, 4.69) is 10.6 Å². The summed E-state index contributed by atoms with van der Waals surface area (Å²) in [6.45, 7) is 1.16. The van der Waals surface area contributed by atoms with Gasteiger partial charge in [-0.15, -0.1) is 0 Å². The Balaban J connectivity index is 1.42. The van der Waals surface area contributed by atoms with E-state index >= 15 is 0 Å². The predicted octanol–water partition coefficient (Wildman–Crippen LogP) is 2.32. The number of amides is 2. The van der Waals surface area contributed by atoms with E-state index in [4.69, 9.17) is 4.74 Å². The molecule has 1 aliphatic rings. The Hall–Kier alpha value is -3.15. The van der Waals surface area contributed by atoms with Crippen molar-refractivity contribution in [3.8, 4) is 5.75 Å². The molecule has 2 N–H and O–H groups in total. The van der Waals surface area contributed by atoms with Crippen LogP contribution in [0.4, 0.5) is 4.39 Å². The van der Waals surface area contributed by atoms with Gasteiger partial charge in [-0.25, -0.2) is 4.39 Å². The molecule has 0 spiro atoms. The molecule has 2 amide bonds. The third kappa shape index (κ3) is 4.47. The Kier molecular flexibility index (Phi) is 5.63. The standard InChI is InChI=1S/C20H19FN2O3/c21-17-4-2-1-3-16(17)20(25)23-11-10-22-19(24)8-6-14-5-7-18-15(13-14)9-12-26-18/h1-8,13H,9-12H2,(H,22,24)(H,23,25)/b8-6+. The molecule has 2 aromatic rings. The first kappa shape index (κ1) is 17.7. The van der Waals surface area contributed by atoms with E-state index in [-0.39, 0.29) is 24.6 Å². The Labute approximate surface area is 150 Å². The van der Waals surface area contributed by atoms with Gasteiger partial charge in [-0.2, -0.15) is 0 Å². The summed E-state index contributed by atoms with van der Waals surface area (Å²) in [5.74, 6) is -0.441. The topological polar surface area (TPSA) is 67.4 Å². The van der Waals surface area contributed by atoms with Crippen LogP contribution >= 0.6 is 0 Å². The lowest BCUT2D eigenvalue weighted by Crippen LogP contribution is -2.34. The van der Waals surface area contributed by atoms with Crippen LogP contribution in [0.3, 0.4) is 0 Å². The molecule has 2 aromatic carbocycles. The number of fused-ring (bicyclic) bond motifs is 1. The van der Waals surface area contributed by atoms with Crippen molar-refractivity contribution < 1.29 is 18.7 Å². The molecular formula is C20H19FN2O3. The van der Waals surface area contributed by atoms with Crippen LogP contribution in [0.1, 0.15) is 21.5 Å². The van der Waals surface area contributed by atoms with Gasteiger partial charge in [-0.1, -0.05) is 18.2 Å². The van der Waals surface area contributed by atoms with Gasteiger partial charge in [0.1, 0.15) is 11.6 Å². The zero-order valence-electron chi connectivity index (χ0n) is 14.1. The summed E-state index contributed by atoms with van der Waals surface area (Å²) >= 11 is 0. The molecule has 0 aromatic heterocycles. The highest BCUT2D eigenvalue weighted by molar-refractivity contribution is 5.94. The highest BCUT2D eigenvalue weighted by Gasteiger charge is 2.11. The molecule has 0 saturated carbocycles. The molecule has 5 nitrogen and oxygen atoms in total. The molecule has 0 atom stereocenters. The maximum absolute atomic E-state index is 13.5. The Morgan fingerprint density at radius 1 is 1.12 bits per heavy atom. The van der Waals surface area contributed by atoms with E-state index in [1.54, 1.807) is 12.1 Å². The van der Waals surface area contributed by atoms with Gasteiger partial charge < -0.3 is 15.4 Å². The van der Waals surface area contributed by atoms with Crippen LogP contribution in [0, 0.1) is 5.82 Å². The van der Waals surface area contributed by atoms with Gasteiger partial charge in [-0.3, -0.25) is 9.59 Å². The Morgan fingerprint density at radius 2 is 1.92 bits per heavy atom. The largest absolute Gasteiger partial charge is 0.493 e. The third-order valence-electron chi connectivity index (χ3n) is 3.97. The second-order valence-electron chi connectivity index (χ2n) is 5.83. The molecule has 0 aliphatic carbocycles. The highest BCUT2D eigenvalue weighted by atomic mass is 19.1. The number of halogens is 1. The summed E-state index contributed by atoms with van der Waals surface area (Å²) in [6.07, 6.45) is 4.05. The second-order valence-corrected chi connectivity index (χ2v) is 5.83. The number of hydrogen-bond acceptors (Lipinski definition) is 3.